The Morgan fingerprint density at radius 1 is 1.15 bits per heavy atom. The van der Waals surface area contributed by atoms with E-state index in [2.05, 4.69) is 32.9 Å². The molecule has 0 aliphatic heterocycles. The van der Waals surface area contributed by atoms with Crippen molar-refractivity contribution in [1.29, 1.82) is 0 Å². The molecule has 1 aliphatic rings. The number of rotatable bonds is 3. The molecule has 0 aromatic heterocycles. The second kappa shape index (κ2) is 4.50. The summed E-state index contributed by atoms with van der Waals surface area (Å²) in [6, 6.07) is 0. The molecule has 1 heteroatoms. The zero-order valence-corrected chi connectivity index (χ0v) is 9.13. The summed E-state index contributed by atoms with van der Waals surface area (Å²) < 4.78 is 5.20. The average molecular weight is 180 g/mol. The molecule has 1 rings (SSSR count). The van der Waals surface area contributed by atoms with Crippen LogP contribution in [0.25, 0.3) is 0 Å². The second-order valence-electron chi connectivity index (χ2n) is 4.11. The fourth-order valence-electron chi connectivity index (χ4n) is 1.61. The number of allylic oxidation sites excluding steroid dienone is 4. The van der Waals surface area contributed by atoms with Crippen LogP contribution in [0.1, 0.15) is 33.6 Å². The van der Waals surface area contributed by atoms with Gasteiger partial charge >= 0.3 is 0 Å². The van der Waals surface area contributed by atoms with Crippen LogP contribution in [0.2, 0.25) is 0 Å². The monoisotopic (exact) mass is 180 g/mol. The Bertz CT molecular complexity index is 223. The van der Waals surface area contributed by atoms with Crippen molar-refractivity contribution in [3.05, 3.63) is 23.5 Å². The number of methoxy groups -OCH3 is 1. The summed E-state index contributed by atoms with van der Waals surface area (Å²) in [6.45, 7) is 6.87. The average Bonchev–Trinajstić information content (AvgIpc) is 2.17. The molecule has 0 fully saturated rings. The Morgan fingerprint density at radius 2 is 1.85 bits per heavy atom. The quantitative estimate of drug-likeness (QED) is 0.645. The fourth-order valence-corrected chi connectivity index (χ4v) is 1.61. The number of hydrogen-bond acceptors (Lipinski definition) is 1. The van der Waals surface area contributed by atoms with Crippen molar-refractivity contribution in [1.82, 2.24) is 0 Å². The fraction of sp³-hybridized carbons (Fsp3) is 0.667. The molecule has 0 aromatic carbocycles. The van der Waals surface area contributed by atoms with Gasteiger partial charge < -0.3 is 4.74 Å². The van der Waals surface area contributed by atoms with Gasteiger partial charge in [-0.15, -0.1) is 0 Å². The normalized spacial score (nSPS) is 19.5. The highest BCUT2D eigenvalue weighted by Crippen LogP contribution is 2.28. The van der Waals surface area contributed by atoms with Crippen molar-refractivity contribution in [3.8, 4) is 0 Å². The molecule has 0 N–H and O–H groups in total. The summed E-state index contributed by atoms with van der Waals surface area (Å²) in [4.78, 5) is 0. The van der Waals surface area contributed by atoms with Crippen LogP contribution >= 0.6 is 0 Å². The van der Waals surface area contributed by atoms with Gasteiger partial charge in [-0.1, -0.05) is 32.4 Å². The molecule has 0 unspecified atom stereocenters. The number of ether oxygens (including phenoxy) is 1. The van der Waals surface area contributed by atoms with E-state index in [1.165, 1.54) is 6.42 Å². The predicted molar refractivity (Wildman–Crippen MR) is 56.4 cm³/mol. The van der Waals surface area contributed by atoms with Crippen molar-refractivity contribution < 1.29 is 4.74 Å². The first-order valence-corrected chi connectivity index (χ1v) is 5.08. The minimum absolute atomic E-state index is 0.703. The van der Waals surface area contributed by atoms with E-state index >= 15 is 0 Å². The second-order valence-corrected chi connectivity index (χ2v) is 4.11. The zero-order chi connectivity index (χ0) is 9.84. The van der Waals surface area contributed by atoms with Crippen LogP contribution < -0.4 is 0 Å². The molecule has 0 aromatic rings. The molecular weight excluding hydrogens is 160 g/mol. The van der Waals surface area contributed by atoms with Gasteiger partial charge in [-0.05, 0) is 24.3 Å². The van der Waals surface area contributed by atoms with Gasteiger partial charge in [-0.25, -0.2) is 0 Å². The highest BCUT2D eigenvalue weighted by molar-refractivity contribution is 5.22. The van der Waals surface area contributed by atoms with E-state index in [9.17, 15) is 0 Å². The first kappa shape index (κ1) is 10.4. The summed E-state index contributed by atoms with van der Waals surface area (Å²) >= 11 is 0. The molecule has 1 atom stereocenters. The lowest BCUT2D eigenvalue weighted by Crippen LogP contribution is -2.09. The molecule has 74 valence electrons. The summed E-state index contributed by atoms with van der Waals surface area (Å²) in [6.07, 6.45) is 6.57. The van der Waals surface area contributed by atoms with Crippen LogP contribution in [-0.2, 0) is 4.74 Å². The van der Waals surface area contributed by atoms with E-state index in [4.69, 9.17) is 4.74 Å². The van der Waals surface area contributed by atoms with Crippen LogP contribution in [0.3, 0.4) is 0 Å². The van der Waals surface area contributed by atoms with Crippen LogP contribution in [0, 0.1) is 11.8 Å². The summed E-state index contributed by atoms with van der Waals surface area (Å²) in [7, 11) is 1.75. The van der Waals surface area contributed by atoms with Crippen LogP contribution in [0.4, 0.5) is 0 Å². The minimum Gasteiger partial charge on any atom is -0.501 e. The summed E-state index contributed by atoms with van der Waals surface area (Å²) in [5.74, 6) is 2.55. The van der Waals surface area contributed by atoms with Crippen molar-refractivity contribution in [2.45, 2.75) is 33.6 Å². The van der Waals surface area contributed by atoms with Gasteiger partial charge in [0.05, 0.1) is 12.9 Å². The van der Waals surface area contributed by atoms with Gasteiger partial charge in [0.1, 0.15) is 0 Å². The largest absolute Gasteiger partial charge is 0.501 e. The molecule has 0 saturated carbocycles. The molecule has 0 saturated heterocycles. The highest BCUT2D eigenvalue weighted by atomic mass is 16.5. The third-order valence-corrected chi connectivity index (χ3v) is 2.99. The van der Waals surface area contributed by atoms with E-state index in [-0.39, 0.29) is 0 Å². The van der Waals surface area contributed by atoms with Gasteiger partial charge in [0.2, 0.25) is 0 Å². The van der Waals surface area contributed by atoms with E-state index in [1.807, 2.05) is 0 Å². The smallest absolute Gasteiger partial charge is 0.0958 e. The lowest BCUT2D eigenvalue weighted by Gasteiger charge is -2.22. The third-order valence-electron chi connectivity index (χ3n) is 2.99. The Balaban J connectivity index is 2.64. The highest BCUT2D eigenvalue weighted by Gasteiger charge is 2.15. The Hall–Kier alpha value is -0.720. The molecule has 0 heterocycles. The van der Waals surface area contributed by atoms with E-state index < -0.39 is 0 Å². The standard InChI is InChI=1S/C12H20O/c1-9(2)10(3)11-5-7-12(13-4)8-6-11/h5,7,9-10H,6,8H2,1-4H3/t10-/m0/s1. The molecular formula is C12H20O. The van der Waals surface area contributed by atoms with Gasteiger partial charge in [-0.3, -0.25) is 0 Å². The molecule has 1 nitrogen and oxygen atoms in total. The van der Waals surface area contributed by atoms with Crippen LogP contribution in [0.5, 0.6) is 0 Å². The molecule has 0 radical (unpaired) electrons. The first-order valence-electron chi connectivity index (χ1n) is 5.08. The van der Waals surface area contributed by atoms with Crippen molar-refractivity contribution in [3.63, 3.8) is 0 Å². The van der Waals surface area contributed by atoms with E-state index in [0.29, 0.717) is 5.92 Å². The van der Waals surface area contributed by atoms with E-state index in [1.54, 1.807) is 12.7 Å². The van der Waals surface area contributed by atoms with Crippen molar-refractivity contribution in [2.75, 3.05) is 7.11 Å². The summed E-state index contributed by atoms with van der Waals surface area (Å²) in [5.41, 5.74) is 1.57. The third kappa shape index (κ3) is 2.61. The van der Waals surface area contributed by atoms with Gasteiger partial charge in [0.15, 0.2) is 0 Å². The van der Waals surface area contributed by atoms with Crippen LogP contribution in [-0.4, -0.2) is 7.11 Å². The Morgan fingerprint density at radius 3 is 2.23 bits per heavy atom. The van der Waals surface area contributed by atoms with Gasteiger partial charge in [0.25, 0.3) is 0 Å². The molecule has 13 heavy (non-hydrogen) atoms. The van der Waals surface area contributed by atoms with Crippen LogP contribution in [0.15, 0.2) is 23.5 Å². The maximum atomic E-state index is 5.20. The molecule has 0 amide bonds. The SMILES string of the molecule is COC1=CC=C([C@@H](C)C(C)C)CC1. The lowest BCUT2D eigenvalue weighted by atomic mass is 9.85. The predicted octanol–water partition coefficient (Wildman–Crippen LogP) is 3.53. The van der Waals surface area contributed by atoms with Crippen molar-refractivity contribution in [2.24, 2.45) is 11.8 Å². The maximum absolute atomic E-state index is 5.20. The Labute approximate surface area is 81.5 Å². The maximum Gasteiger partial charge on any atom is 0.0958 e. The lowest BCUT2D eigenvalue weighted by molar-refractivity contribution is 0.273. The van der Waals surface area contributed by atoms with Gasteiger partial charge in [0, 0.05) is 6.42 Å². The zero-order valence-electron chi connectivity index (χ0n) is 9.13. The number of hydrogen-bond donors (Lipinski definition) is 0. The van der Waals surface area contributed by atoms with Crippen molar-refractivity contribution >= 4 is 0 Å². The van der Waals surface area contributed by atoms with E-state index in [0.717, 1.165) is 18.1 Å². The molecule has 0 spiro atoms. The summed E-state index contributed by atoms with van der Waals surface area (Å²) in [5, 5.41) is 0. The first-order chi connectivity index (χ1) is 6.15. The molecule has 1 aliphatic carbocycles. The van der Waals surface area contributed by atoms with Gasteiger partial charge in [-0.2, -0.15) is 0 Å². The minimum atomic E-state index is 0.703. The molecule has 0 bridgehead atoms. The topological polar surface area (TPSA) is 9.23 Å². The Kier molecular flexibility index (Phi) is 3.58.